The highest BCUT2D eigenvalue weighted by Crippen LogP contribution is 2.31. The third-order valence-electron chi connectivity index (χ3n) is 17.1. The fourth-order valence-corrected chi connectivity index (χ4v) is 13.7. The van der Waals surface area contributed by atoms with Gasteiger partial charge in [0.05, 0.1) is 66.9 Å². The molecule has 0 bridgehead atoms. The maximum absolute atomic E-state index is 6.06. The van der Waals surface area contributed by atoms with Gasteiger partial charge < -0.3 is 21.3 Å². The van der Waals surface area contributed by atoms with Crippen LogP contribution in [0.4, 0.5) is 22.7 Å². The maximum atomic E-state index is 6.06. The highest BCUT2D eigenvalue weighted by molar-refractivity contribution is 6.33. The number of anilines is 4. The Balaban J connectivity index is 0.000000123. The Kier molecular flexibility index (Phi) is 24.6. The number of para-hydroxylation sites is 4. The van der Waals surface area contributed by atoms with Crippen molar-refractivity contribution < 1.29 is 0 Å². The van der Waals surface area contributed by atoms with E-state index in [0.717, 1.165) is 210 Å². The van der Waals surface area contributed by atoms with Gasteiger partial charge in [0.15, 0.2) is 0 Å². The van der Waals surface area contributed by atoms with Crippen LogP contribution in [-0.2, 0) is 25.7 Å². The van der Waals surface area contributed by atoms with Crippen LogP contribution < -0.4 is 21.3 Å². The Morgan fingerprint density at radius 1 is 0.221 bits per heavy atom. The lowest BCUT2D eigenvalue weighted by atomic mass is 10.1. The average Bonchev–Trinajstić information content (AvgIpc) is 0.854. The summed E-state index contributed by atoms with van der Waals surface area (Å²) in [6.07, 6.45) is 14.2. The van der Waals surface area contributed by atoms with Crippen LogP contribution in [0.15, 0.2) is 219 Å². The Labute approximate surface area is 639 Å². The lowest BCUT2D eigenvalue weighted by Gasteiger charge is -2.10. The molecule has 16 rings (SSSR count). The molecule has 104 heavy (non-hydrogen) atoms. The van der Waals surface area contributed by atoms with Crippen LogP contribution in [0.3, 0.4) is 0 Å². The van der Waals surface area contributed by atoms with Crippen LogP contribution in [0, 0.1) is 0 Å². The van der Waals surface area contributed by atoms with Gasteiger partial charge in [0.2, 0.25) is 21.1 Å². The zero-order valence-corrected chi connectivity index (χ0v) is 61.7. The van der Waals surface area contributed by atoms with E-state index in [9.17, 15) is 0 Å². The molecular weight excluding hydrogens is 1470 g/mol. The van der Waals surface area contributed by atoms with E-state index >= 15 is 0 Å². The molecule has 0 radical (unpaired) electrons. The largest absolute Gasteiger partial charge is 0.384 e. The second-order valence-corrected chi connectivity index (χ2v) is 27.1. The smallest absolute Gasteiger partial charge is 0.223 e. The highest BCUT2D eigenvalue weighted by Gasteiger charge is 2.13. The molecule has 0 unspecified atom stereocenters. The second kappa shape index (κ2) is 35.2. The van der Waals surface area contributed by atoms with Gasteiger partial charge in [-0.3, -0.25) is 19.9 Å². The molecule has 0 fully saturated rings. The molecule has 8 aromatic heterocycles. The van der Waals surface area contributed by atoms with Crippen LogP contribution in [0.2, 0.25) is 41.2 Å². The van der Waals surface area contributed by atoms with E-state index in [0.29, 0.717) is 41.2 Å². The molecule has 24 heteroatoms. The summed E-state index contributed by atoms with van der Waals surface area (Å²) in [4.78, 5) is 52.2. The molecule has 0 saturated heterocycles. The first-order chi connectivity index (χ1) is 50.8. The van der Waals surface area contributed by atoms with Gasteiger partial charge in [-0.05, 0) is 219 Å². The summed E-state index contributed by atoms with van der Waals surface area (Å²) in [5, 5.41) is 26.3. The molecule has 0 aliphatic heterocycles. The zero-order chi connectivity index (χ0) is 71.7. The summed E-state index contributed by atoms with van der Waals surface area (Å²) in [6, 6.07) is 62.7. The van der Waals surface area contributed by atoms with Crippen LogP contribution in [-0.4, -0.2) is 86.0 Å². The minimum absolute atomic E-state index is 0.295. The topological polar surface area (TPSA) is 203 Å². The van der Waals surface area contributed by atoms with E-state index in [1.54, 1.807) is 24.8 Å². The van der Waals surface area contributed by atoms with Gasteiger partial charge >= 0.3 is 0 Å². The van der Waals surface area contributed by atoms with Gasteiger partial charge in [-0.2, -0.15) is 0 Å². The third kappa shape index (κ3) is 18.8. The van der Waals surface area contributed by atoms with Crippen LogP contribution >= 0.6 is 92.8 Å². The van der Waals surface area contributed by atoms with E-state index < -0.39 is 0 Å². The molecule has 8 aromatic carbocycles. The number of nitrogens with zero attached hydrogens (tertiary/aromatic N) is 12. The number of rotatable bonds is 20. The predicted molar refractivity (Wildman–Crippen MR) is 432 cm³/mol. The molecule has 0 saturated carbocycles. The summed E-state index contributed by atoms with van der Waals surface area (Å²) in [6.45, 7) is 3.27. The van der Waals surface area contributed by atoms with E-state index in [4.69, 9.17) is 92.8 Å². The lowest BCUT2D eigenvalue weighted by Crippen LogP contribution is -2.05. The van der Waals surface area contributed by atoms with Crippen molar-refractivity contribution in [3.63, 3.8) is 0 Å². The van der Waals surface area contributed by atoms with Crippen LogP contribution in [0.25, 0.3) is 87.2 Å². The Morgan fingerprint density at radius 3 is 0.673 bits per heavy atom. The summed E-state index contributed by atoms with van der Waals surface area (Å²) in [5.74, 6) is 0. The van der Waals surface area contributed by atoms with E-state index in [1.165, 1.54) is 0 Å². The van der Waals surface area contributed by atoms with Crippen molar-refractivity contribution in [3.05, 3.63) is 283 Å². The summed E-state index contributed by atoms with van der Waals surface area (Å²) < 4.78 is 0. The molecule has 4 N–H and O–H groups in total. The Bertz CT molecular complexity index is 5020. The zero-order valence-electron chi connectivity index (χ0n) is 55.7. The number of halogens is 8. The van der Waals surface area contributed by atoms with Gasteiger partial charge in [0, 0.05) is 137 Å². The van der Waals surface area contributed by atoms with Crippen LogP contribution in [0.1, 0.15) is 48.5 Å². The van der Waals surface area contributed by atoms with Crippen molar-refractivity contribution in [2.45, 2.75) is 51.4 Å². The van der Waals surface area contributed by atoms with Crippen molar-refractivity contribution in [2.24, 2.45) is 0 Å². The molecule has 0 aliphatic carbocycles. The molecule has 0 atom stereocenters. The van der Waals surface area contributed by atoms with Gasteiger partial charge in [0.25, 0.3) is 0 Å². The molecule has 16 nitrogen and oxygen atoms in total. The minimum Gasteiger partial charge on any atom is -0.384 e. The summed E-state index contributed by atoms with van der Waals surface area (Å²) in [7, 11) is 0. The quantitative estimate of drug-likeness (QED) is 0.0414. The number of hydrogen-bond donors (Lipinski definition) is 4. The number of nitrogens with one attached hydrogen (secondary N) is 4. The van der Waals surface area contributed by atoms with Gasteiger partial charge in [-0.1, -0.05) is 119 Å². The molecular formula is C80H64Cl8N16. The molecule has 0 spiro atoms. The van der Waals surface area contributed by atoms with Crippen molar-refractivity contribution in [3.8, 4) is 0 Å². The number of fused-ring (bicyclic) bond motifs is 8. The normalized spacial score (nSPS) is 11.2. The maximum Gasteiger partial charge on any atom is 0.223 e. The number of hydrogen-bond acceptors (Lipinski definition) is 16. The SMILES string of the molecule is Clc1ccc2c(NCCCc3nc(Cl)nc4ccccc34)ccnc2c1.Clc1ccc2c(NCCCc3nc(Cl)nc4ccccc34)ccnc2c1.Clc1ccc2c(NCCCc3nc(Cl)nc4ccccc34)ccnc2c1.Clc1ccc2c(NCCCc3nc(Cl)nc4ccccc34)ccnc2c1. The second-order valence-electron chi connectivity index (χ2n) is 24.0. The van der Waals surface area contributed by atoms with E-state index in [1.807, 2.05) is 194 Å². The average molecular weight is 1530 g/mol. The minimum atomic E-state index is 0.295. The fourth-order valence-electron chi connectivity index (χ4n) is 12.2. The molecule has 8 heterocycles. The van der Waals surface area contributed by atoms with Crippen molar-refractivity contribution >= 4 is 203 Å². The first-order valence-electron chi connectivity index (χ1n) is 33.6. The Hall–Kier alpha value is -9.72. The number of benzene rings is 8. The monoisotopic (exact) mass is 1530 g/mol. The molecule has 0 amide bonds. The van der Waals surface area contributed by atoms with Gasteiger partial charge in [0.1, 0.15) is 0 Å². The van der Waals surface area contributed by atoms with Crippen molar-refractivity contribution in [1.29, 1.82) is 0 Å². The summed E-state index contributed by atoms with van der Waals surface area (Å²) in [5.41, 5.74) is 15.2. The van der Waals surface area contributed by atoms with Gasteiger partial charge in [-0.15, -0.1) is 0 Å². The predicted octanol–water partition coefficient (Wildman–Crippen LogP) is 22.1. The van der Waals surface area contributed by atoms with Crippen molar-refractivity contribution in [2.75, 3.05) is 47.4 Å². The van der Waals surface area contributed by atoms with E-state index in [-0.39, 0.29) is 0 Å². The highest BCUT2D eigenvalue weighted by atomic mass is 35.5. The van der Waals surface area contributed by atoms with Gasteiger partial charge in [-0.25, -0.2) is 39.9 Å². The standard InChI is InChI=1S/4C20H16Cl2N4/c4*21-13-7-8-15-16(9-11-24-19(15)12-13)23-10-3-6-18-14-4-1-2-5-17(14)25-20(22)26-18/h4*1-2,4-5,7-9,11-12H,3,6,10H2,(H,23,24). The first-order valence-corrected chi connectivity index (χ1v) is 36.6. The molecule has 520 valence electrons. The third-order valence-corrected chi connectivity index (χ3v) is 18.7. The Morgan fingerprint density at radius 2 is 0.442 bits per heavy atom. The van der Waals surface area contributed by atoms with E-state index in [2.05, 4.69) is 81.1 Å². The number of aryl methyl sites for hydroxylation is 4. The summed E-state index contributed by atoms with van der Waals surface area (Å²) >= 11 is 48.4. The first kappa shape index (κ1) is 72.6. The number of pyridine rings is 4. The lowest BCUT2D eigenvalue weighted by molar-refractivity contribution is 0.840. The molecule has 0 aliphatic rings. The molecule has 16 aromatic rings. The number of aromatic nitrogens is 12. The van der Waals surface area contributed by atoms with Crippen LogP contribution in [0.5, 0.6) is 0 Å². The fraction of sp³-hybridized carbons (Fsp3) is 0.150. The van der Waals surface area contributed by atoms with Crippen molar-refractivity contribution in [1.82, 2.24) is 59.8 Å².